The standard InChI is InChI=1S/C29H28BrNO5/c1-16-26(29(33)36-19-9-5-6-10-19)27(20-13-24-25(14-21(20)30)35-15-34-24)28-22(31-16)11-18(12-23(28)32)17-7-3-2-4-8-17/h2-4,7-8,13-14,18-19,27,31H,5-6,9-12,15H2,1H3/t18-,27-/m0/s1. The molecule has 2 aliphatic heterocycles. The van der Waals surface area contributed by atoms with Crippen molar-refractivity contribution in [3.63, 3.8) is 0 Å². The van der Waals surface area contributed by atoms with Gasteiger partial charge in [0.15, 0.2) is 17.3 Å². The lowest BCUT2D eigenvalue weighted by molar-refractivity contribution is -0.144. The quantitative estimate of drug-likeness (QED) is 0.469. The van der Waals surface area contributed by atoms with Gasteiger partial charge in [0.1, 0.15) is 6.10 Å². The van der Waals surface area contributed by atoms with Crippen molar-refractivity contribution in [1.29, 1.82) is 0 Å². The fourth-order valence-electron chi connectivity index (χ4n) is 5.96. The second-order valence-electron chi connectivity index (χ2n) is 9.97. The number of nitrogens with one attached hydrogen (secondary N) is 1. The SMILES string of the molecule is CC1=C(C(=O)OC2CCCC2)[C@H](c2cc3c(cc2Br)OCO3)C2=C(C[C@H](c3ccccc3)CC2=O)N1. The topological polar surface area (TPSA) is 73.9 Å². The highest BCUT2D eigenvalue weighted by molar-refractivity contribution is 9.10. The number of dihydropyridines is 1. The van der Waals surface area contributed by atoms with E-state index in [0.717, 1.165) is 52.7 Å². The molecule has 6 rings (SSSR count). The molecule has 2 aromatic carbocycles. The van der Waals surface area contributed by atoms with Crippen molar-refractivity contribution < 1.29 is 23.8 Å². The summed E-state index contributed by atoms with van der Waals surface area (Å²) in [4.78, 5) is 27.5. The molecule has 6 nitrogen and oxygen atoms in total. The molecule has 0 spiro atoms. The first-order valence-corrected chi connectivity index (χ1v) is 13.4. The molecule has 1 fully saturated rings. The molecule has 2 atom stereocenters. The average molecular weight is 550 g/mol. The first-order chi connectivity index (χ1) is 17.5. The van der Waals surface area contributed by atoms with Crippen LogP contribution in [0.1, 0.15) is 68.4 Å². The number of carbonyl (C=O) groups excluding carboxylic acids is 2. The summed E-state index contributed by atoms with van der Waals surface area (Å²) in [5.74, 6) is 0.481. The number of fused-ring (bicyclic) bond motifs is 1. The van der Waals surface area contributed by atoms with E-state index in [2.05, 4.69) is 33.4 Å². The van der Waals surface area contributed by atoms with Crippen LogP contribution in [0.5, 0.6) is 11.5 Å². The molecule has 2 aromatic rings. The Hall–Kier alpha value is -3.06. The molecule has 2 heterocycles. The van der Waals surface area contributed by atoms with Crippen molar-refractivity contribution in [3.05, 3.63) is 80.6 Å². The van der Waals surface area contributed by atoms with Gasteiger partial charge in [-0.3, -0.25) is 4.79 Å². The fourth-order valence-corrected chi connectivity index (χ4v) is 6.51. The average Bonchev–Trinajstić information content (AvgIpc) is 3.54. The van der Waals surface area contributed by atoms with Crippen LogP contribution in [-0.4, -0.2) is 24.6 Å². The van der Waals surface area contributed by atoms with Crippen molar-refractivity contribution >= 4 is 27.7 Å². The number of ether oxygens (including phenoxy) is 3. The molecule has 2 aliphatic carbocycles. The van der Waals surface area contributed by atoms with Gasteiger partial charge in [0.05, 0.1) is 5.57 Å². The molecule has 0 aromatic heterocycles. The lowest BCUT2D eigenvalue weighted by atomic mass is 9.71. The number of ketones is 1. The normalized spacial score (nSPS) is 23.6. The van der Waals surface area contributed by atoms with Crippen LogP contribution in [0.3, 0.4) is 0 Å². The number of halogens is 1. The Morgan fingerprint density at radius 2 is 1.78 bits per heavy atom. The maximum atomic E-state index is 13.8. The summed E-state index contributed by atoms with van der Waals surface area (Å²) < 4.78 is 17.9. The Balaban J connectivity index is 1.44. The van der Waals surface area contributed by atoms with Crippen LogP contribution < -0.4 is 14.8 Å². The number of allylic oxidation sites excluding steroid dienone is 3. The molecular weight excluding hydrogens is 522 g/mol. The number of esters is 1. The van der Waals surface area contributed by atoms with E-state index in [1.54, 1.807) is 0 Å². The number of benzene rings is 2. The first-order valence-electron chi connectivity index (χ1n) is 12.6. The van der Waals surface area contributed by atoms with E-state index >= 15 is 0 Å². The lowest BCUT2D eigenvalue weighted by Gasteiger charge is -2.37. The van der Waals surface area contributed by atoms with Crippen molar-refractivity contribution in [2.45, 2.75) is 63.4 Å². The fraction of sp³-hybridized carbons (Fsp3) is 0.379. The second-order valence-corrected chi connectivity index (χ2v) is 10.8. The van der Waals surface area contributed by atoms with E-state index in [1.807, 2.05) is 37.3 Å². The largest absolute Gasteiger partial charge is 0.459 e. The summed E-state index contributed by atoms with van der Waals surface area (Å²) >= 11 is 3.69. The minimum atomic E-state index is -0.553. The smallest absolute Gasteiger partial charge is 0.337 e. The predicted molar refractivity (Wildman–Crippen MR) is 138 cm³/mol. The molecule has 186 valence electrons. The van der Waals surface area contributed by atoms with Gasteiger partial charge in [0.2, 0.25) is 6.79 Å². The monoisotopic (exact) mass is 549 g/mol. The lowest BCUT2D eigenvalue weighted by Crippen LogP contribution is -2.36. The van der Waals surface area contributed by atoms with E-state index in [4.69, 9.17) is 14.2 Å². The van der Waals surface area contributed by atoms with Crippen molar-refractivity contribution in [2.24, 2.45) is 0 Å². The Bertz CT molecular complexity index is 1290. The van der Waals surface area contributed by atoms with Gasteiger partial charge >= 0.3 is 5.97 Å². The first kappa shape index (κ1) is 23.3. The third kappa shape index (κ3) is 4.13. The summed E-state index contributed by atoms with van der Waals surface area (Å²) in [6, 6.07) is 13.9. The van der Waals surface area contributed by atoms with Crippen LogP contribution in [0.25, 0.3) is 0 Å². The summed E-state index contributed by atoms with van der Waals surface area (Å²) in [5.41, 5.74) is 4.69. The Kier molecular flexibility index (Phi) is 6.12. The van der Waals surface area contributed by atoms with Gasteiger partial charge in [-0.2, -0.15) is 0 Å². The number of Topliss-reactive ketones (excluding diaryl/α,β-unsaturated/α-hetero) is 1. The summed E-state index contributed by atoms with van der Waals surface area (Å²) in [6.45, 7) is 2.05. The van der Waals surface area contributed by atoms with Crippen LogP contribution in [0.2, 0.25) is 0 Å². The Morgan fingerprint density at radius 3 is 2.53 bits per heavy atom. The molecule has 0 unspecified atom stereocenters. The van der Waals surface area contributed by atoms with E-state index in [-0.39, 0.29) is 30.6 Å². The minimum absolute atomic E-state index is 0.0471. The third-order valence-electron chi connectivity index (χ3n) is 7.70. The van der Waals surface area contributed by atoms with Crippen molar-refractivity contribution in [1.82, 2.24) is 5.32 Å². The number of hydrogen-bond donors (Lipinski definition) is 1. The van der Waals surface area contributed by atoms with Gasteiger partial charge in [0, 0.05) is 33.8 Å². The van der Waals surface area contributed by atoms with Crippen LogP contribution in [0.4, 0.5) is 0 Å². The molecule has 36 heavy (non-hydrogen) atoms. The molecule has 0 amide bonds. The van der Waals surface area contributed by atoms with Crippen molar-refractivity contribution in [2.75, 3.05) is 6.79 Å². The molecule has 7 heteroatoms. The summed E-state index contributed by atoms with van der Waals surface area (Å²) in [7, 11) is 0. The minimum Gasteiger partial charge on any atom is -0.459 e. The third-order valence-corrected chi connectivity index (χ3v) is 8.38. The van der Waals surface area contributed by atoms with E-state index in [0.29, 0.717) is 35.5 Å². The molecule has 1 N–H and O–H groups in total. The summed E-state index contributed by atoms with van der Waals surface area (Å²) in [6.07, 6.45) is 4.93. The van der Waals surface area contributed by atoms with Gasteiger partial charge in [-0.15, -0.1) is 0 Å². The van der Waals surface area contributed by atoms with E-state index < -0.39 is 5.92 Å². The number of rotatable bonds is 4. The zero-order valence-electron chi connectivity index (χ0n) is 20.1. The second kappa shape index (κ2) is 9.43. The van der Waals surface area contributed by atoms with Crippen LogP contribution in [0.15, 0.2) is 69.5 Å². The van der Waals surface area contributed by atoms with Gasteiger partial charge in [-0.05, 0) is 68.2 Å². The maximum Gasteiger partial charge on any atom is 0.337 e. The zero-order valence-corrected chi connectivity index (χ0v) is 21.7. The Morgan fingerprint density at radius 1 is 1.06 bits per heavy atom. The number of carbonyl (C=O) groups is 2. The predicted octanol–water partition coefficient (Wildman–Crippen LogP) is 6.03. The molecule has 1 saturated carbocycles. The highest BCUT2D eigenvalue weighted by atomic mass is 79.9. The van der Waals surface area contributed by atoms with Crippen LogP contribution >= 0.6 is 15.9 Å². The maximum absolute atomic E-state index is 13.8. The highest BCUT2D eigenvalue weighted by Crippen LogP contribution is 2.49. The molecular formula is C29H28BrNO5. The molecule has 0 bridgehead atoms. The van der Waals surface area contributed by atoms with Gasteiger partial charge < -0.3 is 19.5 Å². The highest BCUT2D eigenvalue weighted by Gasteiger charge is 2.43. The molecule has 0 radical (unpaired) electrons. The van der Waals surface area contributed by atoms with Gasteiger partial charge in [0.25, 0.3) is 0 Å². The van der Waals surface area contributed by atoms with Crippen LogP contribution in [0, 0.1) is 0 Å². The van der Waals surface area contributed by atoms with Crippen LogP contribution in [-0.2, 0) is 14.3 Å². The molecule has 0 saturated heterocycles. The van der Waals surface area contributed by atoms with Crippen molar-refractivity contribution in [3.8, 4) is 11.5 Å². The Labute approximate surface area is 218 Å². The zero-order chi connectivity index (χ0) is 24.8. The van der Waals surface area contributed by atoms with E-state index in [1.165, 1.54) is 0 Å². The van der Waals surface area contributed by atoms with Gasteiger partial charge in [-0.25, -0.2) is 4.79 Å². The van der Waals surface area contributed by atoms with E-state index in [9.17, 15) is 9.59 Å². The summed E-state index contributed by atoms with van der Waals surface area (Å²) in [5, 5.41) is 3.44. The molecule has 4 aliphatic rings. The van der Waals surface area contributed by atoms with Gasteiger partial charge in [-0.1, -0.05) is 46.3 Å². The number of hydrogen-bond acceptors (Lipinski definition) is 6.